The minimum absolute atomic E-state index is 0.0821. The first-order valence-electron chi connectivity index (χ1n) is 7.74. The Morgan fingerprint density at radius 2 is 2.23 bits per heavy atom. The van der Waals surface area contributed by atoms with Gasteiger partial charge in [-0.15, -0.1) is 0 Å². The Morgan fingerprint density at radius 1 is 1.36 bits per heavy atom. The highest BCUT2D eigenvalue weighted by molar-refractivity contribution is 6.31. The zero-order valence-electron chi connectivity index (χ0n) is 12.4. The van der Waals surface area contributed by atoms with Crippen LogP contribution in [-0.4, -0.2) is 36.0 Å². The first-order chi connectivity index (χ1) is 10.6. The van der Waals surface area contributed by atoms with E-state index in [2.05, 4.69) is 16.7 Å². The molecule has 3 rings (SSSR count). The van der Waals surface area contributed by atoms with E-state index >= 15 is 0 Å². The van der Waals surface area contributed by atoms with E-state index in [1.54, 1.807) is 4.90 Å². The second kappa shape index (κ2) is 6.57. The number of carbonyl (C=O) groups is 2. The lowest BCUT2D eigenvalue weighted by Crippen LogP contribution is -2.51. The molecule has 0 aromatic heterocycles. The third-order valence-electron chi connectivity index (χ3n) is 4.34. The van der Waals surface area contributed by atoms with E-state index < -0.39 is 6.04 Å². The molecule has 1 aromatic rings. The number of nitrogens with one attached hydrogen (secondary N) is 2. The van der Waals surface area contributed by atoms with Crippen molar-refractivity contribution in [3.8, 4) is 0 Å². The molecular weight excluding hydrogens is 302 g/mol. The summed E-state index contributed by atoms with van der Waals surface area (Å²) in [4.78, 5) is 26.1. The van der Waals surface area contributed by atoms with Crippen LogP contribution in [0.4, 0.5) is 4.79 Å². The van der Waals surface area contributed by atoms with Gasteiger partial charge in [-0.05, 0) is 42.9 Å². The first-order valence-corrected chi connectivity index (χ1v) is 8.12. The normalized spacial score (nSPS) is 21.6. The average Bonchev–Trinajstić information content (AvgIpc) is 2.72. The van der Waals surface area contributed by atoms with Gasteiger partial charge < -0.3 is 15.5 Å². The molecule has 6 heteroatoms. The minimum Gasteiger partial charge on any atom is -0.354 e. The Kier molecular flexibility index (Phi) is 4.52. The predicted molar refractivity (Wildman–Crippen MR) is 84.7 cm³/mol. The van der Waals surface area contributed by atoms with Gasteiger partial charge in [-0.2, -0.15) is 0 Å². The SMILES string of the molecule is O=C1NCCCCC1NC(=O)N1CCc2cccc(Cl)c2C1. The number of fused-ring (bicyclic) bond motifs is 1. The molecule has 0 saturated carbocycles. The van der Waals surface area contributed by atoms with E-state index in [0.717, 1.165) is 24.8 Å². The van der Waals surface area contributed by atoms with Crippen LogP contribution in [-0.2, 0) is 17.8 Å². The van der Waals surface area contributed by atoms with Crippen LogP contribution in [0.2, 0.25) is 5.02 Å². The second-order valence-electron chi connectivity index (χ2n) is 5.84. The summed E-state index contributed by atoms with van der Waals surface area (Å²) in [5.41, 5.74) is 2.21. The fourth-order valence-electron chi connectivity index (χ4n) is 3.03. The number of urea groups is 1. The topological polar surface area (TPSA) is 61.4 Å². The van der Waals surface area contributed by atoms with Crippen molar-refractivity contribution in [3.63, 3.8) is 0 Å². The molecule has 1 fully saturated rings. The highest BCUT2D eigenvalue weighted by atomic mass is 35.5. The van der Waals surface area contributed by atoms with Crippen LogP contribution < -0.4 is 10.6 Å². The molecule has 1 saturated heterocycles. The maximum absolute atomic E-state index is 12.4. The highest BCUT2D eigenvalue weighted by Crippen LogP contribution is 2.26. The molecule has 2 N–H and O–H groups in total. The van der Waals surface area contributed by atoms with Gasteiger partial charge in [0.2, 0.25) is 5.91 Å². The zero-order chi connectivity index (χ0) is 15.5. The second-order valence-corrected chi connectivity index (χ2v) is 6.25. The number of nitrogens with zero attached hydrogens (tertiary/aromatic N) is 1. The zero-order valence-corrected chi connectivity index (χ0v) is 13.2. The highest BCUT2D eigenvalue weighted by Gasteiger charge is 2.27. The van der Waals surface area contributed by atoms with Crippen LogP contribution in [0.1, 0.15) is 30.4 Å². The summed E-state index contributed by atoms with van der Waals surface area (Å²) in [6, 6.07) is 5.22. The van der Waals surface area contributed by atoms with Gasteiger partial charge in [0, 0.05) is 24.7 Å². The van der Waals surface area contributed by atoms with Gasteiger partial charge in [-0.3, -0.25) is 4.79 Å². The van der Waals surface area contributed by atoms with Gasteiger partial charge in [-0.1, -0.05) is 23.7 Å². The van der Waals surface area contributed by atoms with Gasteiger partial charge >= 0.3 is 6.03 Å². The van der Waals surface area contributed by atoms with Crippen molar-refractivity contribution in [1.82, 2.24) is 15.5 Å². The molecule has 22 heavy (non-hydrogen) atoms. The Bertz CT molecular complexity index is 591. The van der Waals surface area contributed by atoms with Crippen molar-refractivity contribution in [2.75, 3.05) is 13.1 Å². The number of carbonyl (C=O) groups excluding carboxylic acids is 2. The lowest BCUT2D eigenvalue weighted by atomic mass is 10.00. The monoisotopic (exact) mass is 321 g/mol. The fraction of sp³-hybridized carbons (Fsp3) is 0.500. The number of hydrogen-bond acceptors (Lipinski definition) is 2. The van der Waals surface area contributed by atoms with Crippen LogP contribution in [0.25, 0.3) is 0 Å². The number of hydrogen-bond donors (Lipinski definition) is 2. The summed E-state index contributed by atoms with van der Waals surface area (Å²) in [5.74, 6) is -0.0821. The summed E-state index contributed by atoms with van der Waals surface area (Å²) in [6.45, 7) is 1.83. The molecule has 1 aromatic carbocycles. The third kappa shape index (κ3) is 3.19. The van der Waals surface area contributed by atoms with Crippen LogP contribution in [0.3, 0.4) is 0 Å². The van der Waals surface area contributed by atoms with Crippen LogP contribution in [0.5, 0.6) is 0 Å². The number of benzene rings is 1. The third-order valence-corrected chi connectivity index (χ3v) is 4.69. The number of amides is 3. The molecule has 2 heterocycles. The van der Waals surface area contributed by atoms with E-state index in [-0.39, 0.29) is 11.9 Å². The molecule has 118 valence electrons. The van der Waals surface area contributed by atoms with Crippen molar-refractivity contribution in [3.05, 3.63) is 34.3 Å². The fourth-order valence-corrected chi connectivity index (χ4v) is 3.28. The van der Waals surface area contributed by atoms with Crippen LogP contribution in [0.15, 0.2) is 18.2 Å². The number of halogens is 1. The van der Waals surface area contributed by atoms with Gasteiger partial charge in [-0.25, -0.2) is 4.79 Å². The van der Waals surface area contributed by atoms with Gasteiger partial charge in [0.1, 0.15) is 6.04 Å². The molecule has 1 unspecified atom stereocenters. The van der Waals surface area contributed by atoms with Crippen molar-refractivity contribution in [2.45, 2.75) is 38.3 Å². The Morgan fingerprint density at radius 3 is 3.09 bits per heavy atom. The summed E-state index contributed by atoms with van der Waals surface area (Å²) >= 11 is 6.23. The molecule has 3 amide bonds. The quantitative estimate of drug-likeness (QED) is 0.832. The predicted octanol–water partition coefficient (Wildman–Crippen LogP) is 2.08. The summed E-state index contributed by atoms with van der Waals surface area (Å²) in [5, 5.41) is 6.39. The first kappa shape index (κ1) is 15.2. The molecular formula is C16H20ClN3O2. The van der Waals surface area contributed by atoms with E-state index in [1.807, 2.05) is 12.1 Å². The van der Waals surface area contributed by atoms with Crippen molar-refractivity contribution in [2.24, 2.45) is 0 Å². The van der Waals surface area contributed by atoms with Gasteiger partial charge in [0.15, 0.2) is 0 Å². The van der Waals surface area contributed by atoms with Gasteiger partial charge in [0.25, 0.3) is 0 Å². The largest absolute Gasteiger partial charge is 0.354 e. The summed E-state index contributed by atoms with van der Waals surface area (Å²) in [7, 11) is 0. The van der Waals surface area contributed by atoms with Crippen molar-refractivity contribution < 1.29 is 9.59 Å². The number of rotatable bonds is 1. The van der Waals surface area contributed by atoms with Crippen molar-refractivity contribution >= 4 is 23.5 Å². The Balaban J connectivity index is 1.66. The van der Waals surface area contributed by atoms with Crippen LogP contribution >= 0.6 is 11.6 Å². The molecule has 0 aliphatic carbocycles. The van der Waals surface area contributed by atoms with Crippen molar-refractivity contribution in [1.29, 1.82) is 0 Å². The molecule has 0 radical (unpaired) electrons. The summed E-state index contributed by atoms with van der Waals surface area (Å²) < 4.78 is 0. The maximum atomic E-state index is 12.4. The Hall–Kier alpha value is -1.75. The summed E-state index contributed by atoms with van der Waals surface area (Å²) in [6.07, 6.45) is 3.39. The van der Waals surface area contributed by atoms with E-state index in [4.69, 9.17) is 11.6 Å². The maximum Gasteiger partial charge on any atom is 0.318 e. The lowest BCUT2D eigenvalue weighted by molar-refractivity contribution is -0.122. The molecule has 5 nitrogen and oxygen atoms in total. The molecule has 0 spiro atoms. The molecule has 0 bridgehead atoms. The van der Waals surface area contributed by atoms with Crippen LogP contribution in [0, 0.1) is 0 Å². The molecule has 1 atom stereocenters. The minimum atomic E-state index is -0.428. The average molecular weight is 322 g/mol. The molecule has 2 aliphatic heterocycles. The smallest absolute Gasteiger partial charge is 0.318 e. The standard InChI is InChI=1S/C16H20ClN3O2/c17-13-5-3-4-11-7-9-20(10-12(11)13)16(22)19-14-6-1-2-8-18-15(14)21/h3-5,14H,1-2,6-10H2,(H,18,21)(H,19,22). The van der Waals surface area contributed by atoms with E-state index in [9.17, 15) is 9.59 Å². The van der Waals surface area contributed by atoms with E-state index in [1.165, 1.54) is 5.56 Å². The Labute approximate surface area is 135 Å². The van der Waals surface area contributed by atoms with E-state index in [0.29, 0.717) is 31.1 Å². The lowest BCUT2D eigenvalue weighted by Gasteiger charge is -2.30. The van der Waals surface area contributed by atoms with Gasteiger partial charge in [0.05, 0.1) is 0 Å². The molecule has 2 aliphatic rings.